The summed E-state index contributed by atoms with van der Waals surface area (Å²) in [4.78, 5) is 8.53. The maximum atomic E-state index is 15.0. The summed E-state index contributed by atoms with van der Waals surface area (Å²) in [6.45, 7) is 7.69. The SMILES string of the molecule is CC1(C)C[C@@H](Oc2ccc(-c3ncc(-c4ccc5nccn5n4)cc3O)nn2)[C@@H](F)C(C)(C)N1.Cl.Cl. The van der Waals surface area contributed by atoms with Gasteiger partial charge in [-0.2, -0.15) is 5.10 Å². The van der Waals surface area contributed by atoms with E-state index in [1.165, 1.54) is 0 Å². The van der Waals surface area contributed by atoms with Crippen LogP contribution in [-0.2, 0) is 0 Å². The summed E-state index contributed by atoms with van der Waals surface area (Å²) in [5.74, 6) is 0.164. The first kappa shape index (κ1) is 27.5. The Kier molecular flexibility index (Phi) is 7.73. The van der Waals surface area contributed by atoms with Crippen molar-refractivity contribution in [1.29, 1.82) is 0 Å². The molecular formula is C24H28Cl2FN7O2. The third-order valence-corrected chi connectivity index (χ3v) is 5.96. The number of piperidine rings is 1. The number of nitrogens with zero attached hydrogens (tertiary/aromatic N) is 6. The average molecular weight is 536 g/mol. The molecule has 192 valence electrons. The maximum Gasteiger partial charge on any atom is 0.233 e. The monoisotopic (exact) mass is 535 g/mol. The largest absolute Gasteiger partial charge is 0.506 e. The molecule has 1 aliphatic rings. The molecule has 0 aliphatic carbocycles. The molecule has 1 saturated heterocycles. The summed E-state index contributed by atoms with van der Waals surface area (Å²) in [7, 11) is 0. The van der Waals surface area contributed by atoms with Crippen LogP contribution < -0.4 is 10.1 Å². The molecule has 36 heavy (non-hydrogen) atoms. The van der Waals surface area contributed by atoms with Gasteiger partial charge in [-0.05, 0) is 52.0 Å². The van der Waals surface area contributed by atoms with Crippen molar-refractivity contribution in [2.45, 2.75) is 57.5 Å². The number of hydrogen-bond acceptors (Lipinski definition) is 8. The second kappa shape index (κ2) is 10.1. The van der Waals surface area contributed by atoms with Crippen molar-refractivity contribution in [1.82, 2.24) is 35.1 Å². The molecule has 0 aromatic carbocycles. The van der Waals surface area contributed by atoms with Gasteiger partial charge in [0.25, 0.3) is 0 Å². The van der Waals surface area contributed by atoms with E-state index in [4.69, 9.17) is 4.74 Å². The van der Waals surface area contributed by atoms with Gasteiger partial charge in [0.15, 0.2) is 11.8 Å². The van der Waals surface area contributed by atoms with Crippen molar-refractivity contribution in [3.8, 4) is 34.3 Å². The zero-order valence-corrected chi connectivity index (χ0v) is 21.8. The average Bonchev–Trinajstić information content (AvgIpc) is 3.25. The van der Waals surface area contributed by atoms with Gasteiger partial charge < -0.3 is 15.2 Å². The van der Waals surface area contributed by atoms with Crippen LogP contribution in [0.5, 0.6) is 11.6 Å². The topological polar surface area (TPSA) is 110 Å². The molecule has 9 nitrogen and oxygen atoms in total. The zero-order valence-electron chi connectivity index (χ0n) is 20.2. The Balaban J connectivity index is 0.00000180. The van der Waals surface area contributed by atoms with Crippen LogP contribution in [0, 0.1) is 0 Å². The fraction of sp³-hybridized carbons (Fsp3) is 0.375. The van der Waals surface area contributed by atoms with E-state index in [0.29, 0.717) is 23.4 Å². The number of nitrogens with one attached hydrogen (secondary N) is 1. The number of rotatable bonds is 4. The predicted molar refractivity (Wildman–Crippen MR) is 139 cm³/mol. The normalized spacial score (nSPS) is 20.2. The summed E-state index contributed by atoms with van der Waals surface area (Å²) < 4.78 is 22.5. The molecule has 5 heterocycles. The summed E-state index contributed by atoms with van der Waals surface area (Å²) in [5.41, 5.74) is 1.66. The number of aromatic hydroxyl groups is 1. The van der Waals surface area contributed by atoms with Gasteiger partial charge in [0.2, 0.25) is 5.88 Å². The quantitative estimate of drug-likeness (QED) is 0.394. The van der Waals surface area contributed by atoms with Gasteiger partial charge in [-0.25, -0.2) is 18.9 Å². The molecule has 4 aromatic heterocycles. The third-order valence-electron chi connectivity index (χ3n) is 5.96. The highest BCUT2D eigenvalue weighted by Crippen LogP contribution is 2.34. The Hall–Kier alpha value is -3.08. The van der Waals surface area contributed by atoms with E-state index in [0.717, 1.165) is 5.65 Å². The molecule has 5 rings (SSSR count). The number of halogens is 3. The minimum Gasteiger partial charge on any atom is -0.506 e. The van der Waals surface area contributed by atoms with E-state index in [1.54, 1.807) is 41.3 Å². The number of alkyl halides is 1. The van der Waals surface area contributed by atoms with E-state index >= 15 is 4.39 Å². The van der Waals surface area contributed by atoms with Gasteiger partial charge in [-0.1, -0.05) is 0 Å². The van der Waals surface area contributed by atoms with E-state index in [9.17, 15) is 5.11 Å². The lowest BCUT2D eigenvalue weighted by molar-refractivity contribution is -0.0281. The first-order chi connectivity index (χ1) is 16.1. The van der Waals surface area contributed by atoms with Gasteiger partial charge in [-0.15, -0.1) is 35.0 Å². The Bertz CT molecular complexity index is 1350. The fourth-order valence-electron chi connectivity index (χ4n) is 4.59. The van der Waals surface area contributed by atoms with E-state index in [-0.39, 0.29) is 47.7 Å². The van der Waals surface area contributed by atoms with Crippen LogP contribution >= 0.6 is 24.8 Å². The van der Waals surface area contributed by atoms with Crippen LogP contribution in [0.4, 0.5) is 4.39 Å². The van der Waals surface area contributed by atoms with Crippen LogP contribution in [-0.4, -0.2) is 58.2 Å². The van der Waals surface area contributed by atoms with E-state index < -0.39 is 17.8 Å². The van der Waals surface area contributed by atoms with Crippen molar-refractivity contribution < 1.29 is 14.2 Å². The van der Waals surface area contributed by atoms with Crippen LogP contribution in [0.3, 0.4) is 0 Å². The van der Waals surface area contributed by atoms with Crippen LogP contribution in [0.2, 0.25) is 0 Å². The van der Waals surface area contributed by atoms with Crippen LogP contribution in [0.15, 0.2) is 48.9 Å². The number of pyridine rings is 1. The van der Waals surface area contributed by atoms with Crippen molar-refractivity contribution >= 4 is 30.5 Å². The molecule has 12 heteroatoms. The number of aromatic nitrogens is 6. The Morgan fingerprint density at radius 1 is 1.06 bits per heavy atom. The molecule has 0 amide bonds. The Morgan fingerprint density at radius 2 is 1.81 bits per heavy atom. The van der Waals surface area contributed by atoms with Crippen molar-refractivity contribution in [2.24, 2.45) is 0 Å². The molecule has 0 spiro atoms. The minimum atomic E-state index is -1.21. The first-order valence-electron chi connectivity index (χ1n) is 11.1. The molecule has 1 aliphatic heterocycles. The number of imidazole rings is 1. The van der Waals surface area contributed by atoms with Crippen molar-refractivity contribution in [2.75, 3.05) is 0 Å². The van der Waals surface area contributed by atoms with E-state index in [1.807, 2.05) is 39.8 Å². The third kappa shape index (κ3) is 5.35. The highest BCUT2D eigenvalue weighted by atomic mass is 35.5. The smallest absolute Gasteiger partial charge is 0.233 e. The second-order valence-electron chi connectivity index (χ2n) is 9.79. The summed E-state index contributed by atoms with van der Waals surface area (Å²) in [6.07, 6.45) is 3.64. The molecule has 4 aromatic rings. The lowest BCUT2D eigenvalue weighted by Crippen LogP contribution is -2.66. The Labute approximate surface area is 220 Å². The molecular weight excluding hydrogens is 508 g/mol. The number of ether oxygens (including phenoxy) is 1. The molecule has 0 saturated carbocycles. The highest BCUT2D eigenvalue weighted by molar-refractivity contribution is 5.85. The first-order valence-corrected chi connectivity index (χ1v) is 11.1. The summed E-state index contributed by atoms with van der Waals surface area (Å²) in [5, 5.41) is 26.6. The van der Waals surface area contributed by atoms with Gasteiger partial charge in [-0.3, -0.25) is 0 Å². The highest BCUT2D eigenvalue weighted by Gasteiger charge is 2.47. The Morgan fingerprint density at radius 3 is 2.50 bits per heavy atom. The standard InChI is InChI=1S/C24H26FN7O2.2ClH/c1-23(2)12-18(22(25)24(3,4)31-23)34-20-8-6-16(28-29-20)21-17(33)11-14(13-27-21)15-5-7-19-26-9-10-32(19)30-15;;/h5-11,13,18,22,31,33H,12H2,1-4H3;2*1H/t18-,22-;;/m1../s1. The van der Waals surface area contributed by atoms with Gasteiger partial charge in [0.1, 0.15) is 23.2 Å². The number of hydrogen-bond donors (Lipinski definition) is 2. The second-order valence-corrected chi connectivity index (χ2v) is 9.79. The maximum absolute atomic E-state index is 15.0. The molecule has 0 bridgehead atoms. The molecule has 0 unspecified atom stereocenters. The molecule has 2 atom stereocenters. The van der Waals surface area contributed by atoms with Crippen LogP contribution in [0.1, 0.15) is 34.1 Å². The van der Waals surface area contributed by atoms with E-state index in [2.05, 4.69) is 30.6 Å². The van der Waals surface area contributed by atoms with Crippen molar-refractivity contribution in [3.63, 3.8) is 0 Å². The van der Waals surface area contributed by atoms with Crippen molar-refractivity contribution in [3.05, 3.63) is 48.9 Å². The lowest BCUT2D eigenvalue weighted by atomic mass is 9.79. The minimum absolute atomic E-state index is 0. The number of fused-ring (bicyclic) bond motifs is 1. The predicted octanol–water partition coefficient (Wildman–Crippen LogP) is 4.43. The van der Waals surface area contributed by atoms with Gasteiger partial charge in [0, 0.05) is 47.7 Å². The van der Waals surface area contributed by atoms with Gasteiger partial charge in [0.05, 0.1) is 5.69 Å². The van der Waals surface area contributed by atoms with Gasteiger partial charge >= 0.3 is 0 Å². The fourth-order valence-corrected chi connectivity index (χ4v) is 4.59. The molecule has 0 radical (unpaired) electrons. The summed E-state index contributed by atoms with van der Waals surface area (Å²) >= 11 is 0. The van der Waals surface area contributed by atoms with Crippen LogP contribution in [0.25, 0.3) is 28.3 Å². The summed E-state index contributed by atoms with van der Waals surface area (Å²) in [6, 6.07) is 8.48. The lowest BCUT2D eigenvalue weighted by Gasteiger charge is -2.48. The molecule has 2 N–H and O–H groups in total. The zero-order chi connectivity index (χ0) is 24.1. The molecule has 1 fully saturated rings.